The third-order valence-corrected chi connectivity index (χ3v) is 4.75. The summed E-state index contributed by atoms with van der Waals surface area (Å²) in [6, 6.07) is 10.9. The summed E-state index contributed by atoms with van der Waals surface area (Å²) < 4.78 is 16.3. The lowest BCUT2D eigenvalue weighted by atomic mass is 9.98. The molecule has 0 amide bonds. The van der Waals surface area contributed by atoms with Crippen molar-refractivity contribution >= 4 is 22.5 Å². The Bertz CT molecular complexity index is 1210. The number of aliphatic hydroxyl groups is 1. The summed E-state index contributed by atoms with van der Waals surface area (Å²) in [5, 5.41) is 18.9. The average molecular weight is 391 g/mol. The van der Waals surface area contributed by atoms with E-state index in [4.69, 9.17) is 0 Å². The number of rotatable bonds is 4. The zero-order chi connectivity index (χ0) is 20.8. The van der Waals surface area contributed by atoms with Crippen molar-refractivity contribution < 1.29 is 9.50 Å². The average Bonchev–Trinajstić information content (AvgIpc) is 2.98. The minimum atomic E-state index is -1.08. The molecule has 0 fully saturated rings. The molecule has 0 radical (unpaired) electrons. The molecule has 29 heavy (non-hydrogen) atoms. The minimum Gasteiger partial charge on any atom is -0.384 e. The van der Waals surface area contributed by atoms with Crippen LogP contribution >= 0.6 is 0 Å². The number of nitrogens with one attached hydrogen (secondary N) is 1. The van der Waals surface area contributed by atoms with Crippen LogP contribution in [0.1, 0.15) is 25.1 Å². The molecular weight excluding hydrogens is 369 g/mol. The lowest BCUT2D eigenvalue weighted by molar-refractivity contribution is 0.0711. The van der Waals surface area contributed by atoms with E-state index in [-0.39, 0.29) is 0 Å². The second-order valence-electron chi connectivity index (χ2n) is 7.66. The van der Waals surface area contributed by atoms with E-state index in [0.717, 1.165) is 16.5 Å². The first-order valence-electron chi connectivity index (χ1n) is 9.27. The molecule has 0 saturated carbocycles. The topological polar surface area (TPSA) is 75.9 Å². The highest BCUT2D eigenvalue weighted by atomic mass is 19.1. The predicted octanol–water partition coefficient (Wildman–Crippen LogP) is 4.45. The van der Waals surface area contributed by atoms with Crippen molar-refractivity contribution in [1.29, 1.82) is 0 Å². The number of pyridine rings is 2. The lowest BCUT2D eigenvalue weighted by Crippen LogP contribution is -2.20. The molecule has 148 valence electrons. The van der Waals surface area contributed by atoms with E-state index in [1.807, 2.05) is 37.3 Å². The molecule has 0 unspecified atom stereocenters. The van der Waals surface area contributed by atoms with Crippen molar-refractivity contribution in [2.24, 2.45) is 7.05 Å². The Morgan fingerprint density at radius 1 is 1.07 bits per heavy atom. The maximum absolute atomic E-state index is 14.6. The molecule has 0 aliphatic carbocycles. The zero-order valence-electron chi connectivity index (χ0n) is 16.7. The molecule has 4 aromatic rings. The van der Waals surface area contributed by atoms with Gasteiger partial charge in [-0.3, -0.25) is 4.68 Å². The predicted molar refractivity (Wildman–Crippen MR) is 111 cm³/mol. The highest BCUT2D eigenvalue weighted by molar-refractivity contribution is 5.88. The van der Waals surface area contributed by atoms with Gasteiger partial charge in [-0.15, -0.1) is 0 Å². The Morgan fingerprint density at radius 3 is 2.55 bits per heavy atom. The summed E-state index contributed by atoms with van der Waals surface area (Å²) in [7, 11) is 1.79. The fourth-order valence-corrected chi connectivity index (χ4v) is 3.56. The molecule has 0 saturated heterocycles. The number of anilines is 2. The summed E-state index contributed by atoms with van der Waals surface area (Å²) in [4.78, 5) is 8.39. The van der Waals surface area contributed by atoms with Gasteiger partial charge in [0.1, 0.15) is 23.1 Å². The van der Waals surface area contributed by atoms with Crippen molar-refractivity contribution in [2.45, 2.75) is 26.4 Å². The van der Waals surface area contributed by atoms with Crippen LogP contribution in [-0.2, 0) is 12.6 Å². The monoisotopic (exact) mass is 391 g/mol. The van der Waals surface area contributed by atoms with Crippen molar-refractivity contribution in [3.8, 4) is 11.1 Å². The van der Waals surface area contributed by atoms with Crippen LogP contribution in [0.5, 0.6) is 0 Å². The molecular formula is C22H22FN5O. The molecule has 0 aliphatic rings. The number of aromatic nitrogens is 4. The SMILES string of the molecule is Cc1ccnc(Nc2cc(-c3ccc4nn(C)c(C(C)(C)O)c4c3)c(F)cn2)c1. The van der Waals surface area contributed by atoms with Gasteiger partial charge < -0.3 is 10.4 Å². The maximum Gasteiger partial charge on any atom is 0.149 e. The van der Waals surface area contributed by atoms with Gasteiger partial charge >= 0.3 is 0 Å². The molecule has 1 aromatic carbocycles. The van der Waals surface area contributed by atoms with Crippen molar-refractivity contribution in [3.63, 3.8) is 0 Å². The van der Waals surface area contributed by atoms with E-state index >= 15 is 0 Å². The fraction of sp³-hybridized carbons (Fsp3) is 0.227. The third kappa shape index (κ3) is 3.69. The molecule has 3 heterocycles. The highest BCUT2D eigenvalue weighted by Gasteiger charge is 2.24. The zero-order valence-corrected chi connectivity index (χ0v) is 16.7. The Balaban J connectivity index is 1.79. The Kier molecular flexibility index (Phi) is 4.55. The normalized spacial score (nSPS) is 11.8. The first-order valence-corrected chi connectivity index (χ1v) is 9.27. The lowest BCUT2D eigenvalue weighted by Gasteiger charge is -2.18. The molecule has 0 atom stereocenters. The molecule has 4 rings (SSSR count). The number of hydrogen-bond acceptors (Lipinski definition) is 5. The van der Waals surface area contributed by atoms with E-state index < -0.39 is 11.4 Å². The molecule has 7 heteroatoms. The number of benzene rings is 1. The summed E-state index contributed by atoms with van der Waals surface area (Å²) in [5.41, 5.74) is 2.48. The Morgan fingerprint density at radius 2 is 1.83 bits per heavy atom. The van der Waals surface area contributed by atoms with Crippen LogP contribution in [0.2, 0.25) is 0 Å². The van der Waals surface area contributed by atoms with Gasteiger partial charge in [-0.25, -0.2) is 14.4 Å². The maximum atomic E-state index is 14.6. The van der Waals surface area contributed by atoms with Gasteiger partial charge in [0.15, 0.2) is 0 Å². The van der Waals surface area contributed by atoms with Crippen LogP contribution < -0.4 is 5.32 Å². The van der Waals surface area contributed by atoms with Gasteiger partial charge in [0.2, 0.25) is 0 Å². The highest BCUT2D eigenvalue weighted by Crippen LogP contribution is 2.33. The molecule has 6 nitrogen and oxygen atoms in total. The van der Waals surface area contributed by atoms with Gasteiger partial charge in [0.05, 0.1) is 17.4 Å². The van der Waals surface area contributed by atoms with Gasteiger partial charge in [-0.2, -0.15) is 5.10 Å². The molecule has 0 bridgehead atoms. The molecule has 2 N–H and O–H groups in total. The van der Waals surface area contributed by atoms with Crippen LogP contribution in [0.25, 0.3) is 22.0 Å². The molecule has 0 aliphatic heterocycles. The second-order valence-corrected chi connectivity index (χ2v) is 7.66. The molecule has 0 spiro atoms. The number of halogens is 1. The van der Waals surface area contributed by atoms with Crippen LogP contribution in [-0.4, -0.2) is 24.9 Å². The van der Waals surface area contributed by atoms with E-state index in [0.29, 0.717) is 28.5 Å². The minimum absolute atomic E-state index is 0.405. The van der Waals surface area contributed by atoms with Gasteiger partial charge in [0, 0.05) is 24.2 Å². The van der Waals surface area contributed by atoms with Crippen molar-refractivity contribution in [1.82, 2.24) is 19.7 Å². The Hall–Kier alpha value is -3.32. The van der Waals surface area contributed by atoms with E-state index in [1.54, 1.807) is 37.8 Å². The molecule has 3 aromatic heterocycles. The summed E-state index contributed by atoms with van der Waals surface area (Å²) in [5.74, 6) is 0.705. The number of aryl methyl sites for hydroxylation is 2. The number of nitrogens with zero attached hydrogens (tertiary/aromatic N) is 4. The number of fused-ring (bicyclic) bond motifs is 1. The summed E-state index contributed by atoms with van der Waals surface area (Å²) in [6.07, 6.45) is 2.90. The van der Waals surface area contributed by atoms with Crippen LogP contribution in [0.3, 0.4) is 0 Å². The van der Waals surface area contributed by atoms with Crippen molar-refractivity contribution in [2.75, 3.05) is 5.32 Å². The van der Waals surface area contributed by atoms with Crippen LogP contribution in [0, 0.1) is 12.7 Å². The number of hydrogen-bond donors (Lipinski definition) is 2. The first-order chi connectivity index (χ1) is 13.7. The van der Waals surface area contributed by atoms with Gasteiger partial charge in [-0.05, 0) is 62.2 Å². The van der Waals surface area contributed by atoms with E-state index in [1.165, 1.54) is 6.20 Å². The fourth-order valence-electron chi connectivity index (χ4n) is 3.56. The second kappa shape index (κ2) is 6.93. The van der Waals surface area contributed by atoms with E-state index in [9.17, 15) is 9.50 Å². The van der Waals surface area contributed by atoms with Crippen molar-refractivity contribution in [3.05, 3.63) is 65.9 Å². The van der Waals surface area contributed by atoms with Gasteiger partial charge in [0.25, 0.3) is 0 Å². The smallest absolute Gasteiger partial charge is 0.149 e. The largest absolute Gasteiger partial charge is 0.384 e. The summed E-state index contributed by atoms with van der Waals surface area (Å²) >= 11 is 0. The quantitative estimate of drug-likeness (QED) is 0.538. The van der Waals surface area contributed by atoms with Gasteiger partial charge in [-0.1, -0.05) is 6.07 Å². The van der Waals surface area contributed by atoms with Crippen LogP contribution in [0.4, 0.5) is 16.0 Å². The first kappa shape index (κ1) is 19.0. The Labute approximate surface area is 168 Å². The third-order valence-electron chi connectivity index (χ3n) is 4.75. The standard InChI is InChI=1S/C22H22FN5O/c1-13-7-8-24-19(9-13)26-20-11-15(17(23)12-25-20)14-5-6-18-16(10-14)21(22(2,3)29)28(4)27-18/h5-12,29H,1-4H3,(H,24,25,26). The summed E-state index contributed by atoms with van der Waals surface area (Å²) in [6.45, 7) is 5.39. The van der Waals surface area contributed by atoms with E-state index in [2.05, 4.69) is 20.4 Å². The van der Waals surface area contributed by atoms with Crippen LogP contribution in [0.15, 0.2) is 48.8 Å².